The molecule has 6 heteroatoms. The SMILES string of the molecule is CN=C(NCC(=O)N(C)CCc1ccccn1)NCC(Cc1ccccc1)c1ccccc1. The summed E-state index contributed by atoms with van der Waals surface area (Å²) >= 11 is 0. The molecule has 0 aliphatic rings. The highest BCUT2D eigenvalue weighted by Crippen LogP contribution is 2.20. The fraction of sp³-hybridized carbons (Fsp3) is 0.296. The first kappa shape index (κ1) is 24.0. The van der Waals surface area contributed by atoms with Gasteiger partial charge in [0.15, 0.2) is 5.96 Å². The Balaban J connectivity index is 1.50. The van der Waals surface area contributed by atoms with Crippen LogP contribution in [0.25, 0.3) is 0 Å². The number of hydrogen-bond donors (Lipinski definition) is 2. The summed E-state index contributed by atoms with van der Waals surface area (Å²) in [6.45, 7) is 1.52. The molecule has 0 radical (unpaired) electrons. The second kappa shape index (κ2) is 13.0. The predicted octanol–water partition coefficient (Wildman–Crippen LogP) is 3.27. The zero-order valence-electron chi connectivity index (χ0n) is 19.4. The molecule has 1 aromatic heterocycles. The van der Waals surface area contributed by atoms with E-state index in [0.29, 0.717) is 19.0 Å². The van der Waals surface area contributed by atoms with Crippen LogP contribution in [0.1, 0.15) is 22.7 Å². The van der Waals surface area contributed by atoms with Crippen LogP contribution in [0.4, 0.5) is 0 Å². The van der Waals surface area contributed by atoms with E-state index in [1.54, 1.807) is 18.1 Å². The van der Waals surface area contributed by atoms with Gasteiger partial charge in [-0.1, -0.05) is 66.7 Å². The van der Waals surface area contributed by atoms with Crippen molar-refractivity contribution < 1.29 is 4.79 Å². The molecule has 1 amide bonds. The van der Waals surface area contributed by atoms with E-state index in [0.717, 1.165) is 18.5 Å². The summed E-state index contributed by atoms with van der Waals surface area (Å²) in [5.41, 5.74) is 3.54. The Morgan fingerprint density at radius 2 is 1.67 bits per heavy atom. The van der Waals surface area contributed by atoms with Crippen molar-refractivity contribution in [1.29, 1.82) is 0 Å². The molecule has 172 valence electrons. The van der Waals surface area contributed by atoms with Gasteiger partial charge in [0.05, 0.1) is 6.54 Å². The number of nitrogens with zero attached hydrogens (tertiary/aromatic N) is 3. The van der Waals surface area contributed by atoms with Crippen LogP contribution in [-0.2, 0) is 17.6 Å². The lowest BCUT2D eigenvalue weighted by Crippen LogP contribution is -2.45. The molecular formula is C27H33N5O. The van der Waals surface area contributed by atoms with Crippen LogP contribution in [0, 0.1) is 0 Å². The Kier molecular flexibility index (Phi) is 9.45. The minimum atomic E-state index is 0.0118. The van der Waals surface area contributed by atoms with Gasteiger partial charge in [0.2, 0.25) is 5.91 Å². The third kappa shape index (κ3) is 8.07. The van der Waals surface area contributed by atoms with Gasteiger partial charge in [0.25, 0.3) is 0 Å². The fourth-order valence-corrected chi connectivity index (χ4v) is 3.62. The van der Waals surface area contributed by atoms with Crippen LogP contribution < -0.4 is 10.6 Å². The molecule has 2 aromatic carbocycles. The first-order valence-corrected chi connectivity index (χ1v) is 11.3. The number of carbonyl (C=O) groups excluding carboxylic acids is 1. The van der Waals surface area contributed by atoms with E-state index in [9.17, 15) is 4.79 Å². The number of amides is 1. The average molecular weight is 444 g/mol. The maximum absolute atomic E-state index is 12.5. The van der Waals surface area contributed by atoms with Crippen molar-refractivity contribution in [2.75, 3.05) is 33.7 Å². The maximum Gasteiger partial charge on any atom is 0.241 e. The highest BCUT2D eigenvalue weighted by Gasteiger charge is 2.14. The summed E-state index contributed by atoms with van der Waals surface area (Å²) in [4.78, 5) is 22.9. The van der Waals surface area contributed by atoms with Gasteiger partial charge < -0.3 is 15.5 Å². The summed E-state index contributed by atoms with van der Waals surface area (Å²) in [6.07, 6.45) is 3.42. The van der Waals surface area contributed by atoms with Crippen molar-refractivity contribution in [1.82, 2.24) is 20.5 Å². The number of aliphatic imine (C=N–C) groups is 1. The molecule has 0 fully saturated rings. The number of guanidine groups is 1. The number of benzene rings is 2. The van der Waals surface area contributed by atoms with Crippen LogP contribution in [0.5, 0.6) is 0 Å². The van der Waals surface area contributed by atoms with E-state index < -0.39 is 0 Å². The van der Waals surface area contributed by atoms with E-state index >= 15 is 0 Å². The molecule has 0 aliphatic heterocycles. The Labute approximate surface area is 196 Å². The quantitative estimate of drug-likeness (QED) is 0.373. The fourth-order valence-electron chi connectivity index (χ4n) is 3.62. The molecule has 1 heterocycles. The van der Waals surface area contributed by atoms with Crippen molar-refractivity contribution in [3.8, 4) is 0 Å². The van der Waals surface area contributed by atoms with Crippen LogP contribution in [0.3, 0.4) is 0 Å². The average Bonchev–Trinajstić information content (AvgIpc) is 2.88. The Morgan fingerprint density at radius 3 is 2.33 bits per heavy atom. The maximum atomic E-state index is 12.5. The molecule has 0 spiro atoms. The number of pyridine rings is 1. The van der Waals surface area contributed by atoms with Crippen LogP contribution in [0.15, 0.2) is 90.1 Å². The molecule has 0 saturated heterocycles. The van der Waals surface area contributed by atoms with E-state index in [1.807, 2.05) is 37.4 Å². The van der Waals surface area contributed by atoms with Gasteiger partial charge in [-0.2, -0.15) is 0 Å². The molecule has 3 aromatic rings. The summed E-state index contributed by atoms with van der Waals surface area (Å²) in [7, 11) is 3.54. The normalized spacial score (nSPS) is 12.1. The zero-order valence-corrected chi connectivity index (χ0v) is 19.4. The number of carbonyl (C=O) groups is 1. The van der Waals surface area contributed by atoms with E-state index in [4.69, 9.17) is 0 Å². The molecule has 33 heavy (non-hydrogen) atoms. The lowest BCUT2D eigenvalue weighted by atomic mass is 9.92. The molecular weight excluding hydrogens is 410 g/mol. The minimum Gasteiger partial charge on any atom is -0.356 e. The molecule has 1 unspecified atom stereocenters. The number of rotatable bonds is 10. The van der Waals surface area contributed by atoms with E-state index in [-0.39, 0.29) is 18.4 Å². The van der Waals surface area contributed by atoms with Gasteiger partial charge in [0, 0.05) is 51.4 Å². The van der Waals surface area contributed by atoms with Crippen molar-refractivity contribution in [2.45, 2.75) is 18.8 Å². The van der Waals surface area contributed by atoms with Gasteiger partial charge in [0.1, 0.15) is 0 Å². The highest BCUT2D eigenvalue weighted by atomic mass is 16.2. The lowest BCUT2D eigenvalue weighted by molar-refractivity contribution is -0.128. The topological polar surface area (TPSA) is 69.6 Å². The molecule has 0 aliphatic carbocycles. The molecule has 0 saturated carbocycles. The molecule has 1 atom stereocenters. The standard InChI is InChI=1S/C27H33N5O/c1-28-27(31-21-26(33)32(2)18-16-25-15-9-10-17-29-25)30-20-24(23-13-7-4-8-14-23)19-22-11-5-3-6-12-22/h3-15,17,24H,16,18-21H2,1-2H3,(H2,28,30,31). The lowest BCUT2D eigenvalue weighted by Gasteiger charge is -2.21. The first-order chi connectivity index (χ1) is 16.2. The summed E-state index contributed by atoms with van der Waals surface area (Å²) in [5.74, 6) is 0.914. The summed E-state index contributed by atoms with van der Waals surface area (Å²) in [6, 6.07) is 26.8. The monoisotopic (exact) mass is 443 g/mol. The van der Waals surface area contributed by atoms with Gasteiger partial charge in [-0.15, -0.1) is 0 Å². The third-order valence-electron chi connectivity index (χ3n) is 5.60. The zero-order chi connectivity index (χ0) is 23.3. The third-order valence-corrected chi connectivity index (χ3v) is 5.60. The van der Waals surface area contributed by atoms with Crippen molar-refractivity contribution in [2.24, 2.45) is 4.99 Å². The predicted molar refractivity (Wildman–Crippen MR) is 134 cm³/mol. The summed E-state index contributed by atoms with van der Waals surface area (Å²) < 4.78 is 0. The van der Waals surface area contributed by atoms with Gasteiger partial charge in [-0.25, -0.2) is 0 Å². The van der Waals surface area contributed by atoms with Crippen molar-refractivity contribution >= 4 is 11.9 Å². The van der Waals surface area contributed by atoms with Gasteiger partial charge >= 0.3 is 0 Å². The van der Waals surface area contributed by atoms with E-state index in [1.165, 1.54) is 11.1 Å². The Bertz CT molecular complexity index is 993. The van der Waals surface area contributed by atoms with E-state index in [2.05, 4.69) is 69.1 Å². The largest absolute Gasteiger partial charge is 0.356 e. The summed E-state index contributed by atoms with van der Waals surface area (Å²) in [5, 5.41) is 6.55. The van der Waals surface area contributed by atoms with Crippen LogP contribution in [0.2, 0.25) is 0 Å². The molecule has 3 rings (SSSR count). The second-order valence-corrected chi connectivity index (χ2v) is 7.99. The number of aromatic nitrogens is 1. The van der Waals surface area contributed by atoms with Gasteiger partial charge in [-0.05, 0) is 29.7 Å². The Hall–Kier alpha value is -3.67. The van der Waals surface area contributed by atoms with Crippen LogP contribution >= 0.6 is 0 Å². The minimum absolute atomic E-state index is 0.0118. The first-order valence-electron chi connectivity index (χ1n) is 11.3. The number of nitrogens with one attached hydrogen (secondary N) is 2. The van der Waals surface area contributed by atoms with Crippen molar-refractivity contribution in [3.05, 3.63) is 102 Å². The number of hydrogen-bond acceptors (Lipinski definition) is 3. The second-order valence-electron chi connectivity index (χ2n) is 7.99. The highest BCUT2D eigenvalue weighted by molar-refractivity contribution is 5.86. The van der Waals surface area contributed by atoms with Crippen LogP contribution in [-0.4, -0.2) is 55.5 Å². The number of likely N-dealkylation sites (N-methyl/N-ethyl adjacent to an activating group) is 1. The Morgan fingerprint density at radius 1 is 0.970 bits per heavy atom. The molecule has 6 nitrogen and oxygen atoms in total. The smallest absolute Gasteiger partial charge is 0.241 e. The molecule has 2 N–H and O–H groups in total. The van der Waals surface area contributed by atoms with Crippen molar-refractivity contribution in [3.63, 3.8) is 0 Å². The molecule has 0 bridgehead atoms. The van der Waals surface area contributed by atoms with Gasteiger partial charge in [-0.3, -0.25) is 14.8 Å².